The van der Waals surface area contributed by atoms with Gasteiger partial charge in [-0.15, -0.1) is 52.6 Å². The van der Waals surface area contributed by atoms with Crippen molar-refractivity contribution < 1.29 is 0 Å². The van der Waals surface area contributed by atoms with Crippen LogP contribution < -0.4 is 0 Å². The van der Waals surface area contributed by atoms with Crippen LogP contribution in [0.2, 0.25) is 0 Å². The first kappa shape index (κ1) is 33.9. The summed E-state index contributed by atoms with van der Waals surface area (Å²) in [5.41, 5.74) is 16.0. The molecule has 4 nitrogen and oxygen atoms in total. The number of aromatic amines is 1. The van der Waals surface area contributed by atoms with E-state index in [0.29, 0.717) is 51.5 Å². The lowest BCUT2D eigenvalue weighted by atomic mass is 9.96. The van der Waals surface area contributed by atoms with Crippen molar-refractivity contribution >= 4 is 45.9 Å². The maximum atomic E-state index is 5.22. The fourth-order valence-electron chi connectivity index (χ4n) is 7.04. The van der Waals surface area contributed by atoms with E-state index in [-0.39, 0.29) is 0 Å². The fourth-order valence-corrected chi connectivity index (χ4v) is 7.04. The van der Waals surface area contributed by atoms with E-state index in [2.05, 4.69) is 92.5 Å². The largest absolute Gasteiger partial charge is 0.354 e. The number of fused-ring (bicyclic) bond motifs is 8. The van der Waals surface area contributed by atoms with Crippen LogP contribution in [0, 0.1) is 0 Å². The van der Waals surface area contributed by atoms with Crippen LogP contribution >= 0.6 is 0 Å². The van der Waals surface area contributed by atoms with Crippen LogP contribution in [0.25, 0.3) is 45.9 Å². The number of H-pyrrole nitrogens is 1. The van der Waals surface area contributed by atoms with Crippen molar-refractivity contribution in [1.82, 2.24) is 19.5 Å². The van der Waals surface area contributed by atoms with E-state index < -0.39 is 0 Å². The Labute approximate surface area is 285 Å². The highest BCUT2D eigenvalue weighted by Crippen LogP contribution is 2.37. The second-order valence-electron chi connectivity index (χ2n) is 12.0. The monoisotopic (exact) mass is 630 g/mol. The van der Waals surface area contributed by atoms with E-state index in [1.165, 1.54) is 22.3 Å². The molecule has 3 aromatic rings. The molecule has 48 heavy (non-hydrogen) atoms. The van der Waals surface area contributed by atoms with Gasteiger partial charge in [0.1, 0.15) is 0 Å². The van der Waals surface area contributed by atoms with Gasteiger partial charge in [0.15, 0.2) is 0 Å². The first-order valence-corrected chi connectivity index (χ1v) is 16.6. The van der Waals surface area contributed by atoms with E-state index in [1.807, 2.05) is 48.6 Å². The zero-order chi connectivity index (χ0) is 34.2. The van der Waals surface area contributed by atoms with Gasteiger partial charge < -0.3 is 9.55 Å². The molecule has 8 bridgehead atoms. The van der Waals surface area contributed by atoms with Crippen molar-refractivity contribution in [2.24, 2.45) is 0 Å². The zero-order valence-corrected chi connectivity index (χ0v) is 28.2. The molecule has 1 N–H and O–H groups in total. The number of rotatable bonds is 16. The Morgan fingerprint density at radius 1 is 0.521 bits per heavy atom. The summed E-state index contributed by atoms with van der Waals surface area (Å²) in [5, 5.41) is 0. The van der Waals surface area contributed by atoms with Crippen LogP contribution in [0.3, 0.4) is 0 Å². The molecule has 4 heteroatoms. The minimum absolute atomic E-state index is 0.615. The normalized spacial score (nSPS) is 11.9. The van der Waals surface area contributed by atoms with E-state index >= 15 is 0 Å². The highest BCUT2D eigenvalue weighted by molar-refractivity contribution is 5.91. The maximum Gasteiger partial charge on any atom is 0.0728 e. The lowest BCUT2D eigenvalue weighted by Crippen LogP contribution is -2.00. The Balaban J connectivity index is 2.21. The van der Waals surface area contributed by atoms with Crippen LogP contribution in [0.4, 0.5) is 0 Å². The van der Waals surface area contributed by atoms with Crippen LogP contribution in [0.15, 0.2) is 113 Å². The van der Waals surface area contributed by atoms with Crippen molar-refractivity contribution in [3.05, 3.63) is 170 Å². The zero-order valence-electron chi connectivity index (χ0n) is 28.2. The number of allylic oxidation sites excluding steroid dienone is 9. The van der Waals surface area contributed by atoms with Gasteiger partial charge in [0, 0.05) is 34.2 Å². The molecule has 5 heterocycles. The van der Waals surface area contributed by atoms with E-state index in [1.54, 1.807) is 0 Å². The summed E-state index contributed by atoms with van der Waals surface area (Å²) < 4.78 is 2.37. The molecular formula is C44H46N4. The van der Waals surface area contributed by atoms with Crippen molar-refractivity contribution in [3.8, 4) is 0 Å². The summed E-state index contributed by atoms with van der Waals surface area (Å²) in [5.74, 6) is 0. The Bertz CT molecular complexity index is 2070. The number of aromatic nitrogens is 4. The third-order valence-corrected chi connectivity index (χ3v) is 8.81. The number of hydrogen-bond donors (Lipinski definition) is 1. The summed E-state index contributed by atoms with van der Waals surface area (Å²) in [6.07, 6.45) is 26.7. The molecule has 0 spiro atoms. The van der Waals surface area contributed by atoms with Gasteiger partial charge in [-0.05, 0) is 103 Å². The topological polar surface area (TPSA) is 46.5 Å². The van der Waals surface area contributed by atoms with Crippen LogP contribution in [0.1, 0.15) is 62.6 Å². The van der Waals surface area contributed by atoms with Crippen LogP contribution in [-0.2, 0) is 45.1 Å². The molecule has 242 valence electrons. The smallest absolute Gasteiger partial charge is 0.0728 e. The molecule has 0 fully saturated rings. The summed E-state index contributed by atoms with van der Waals surface area (Å²) in [6, 6.07) is 4.24. The van der Waals surface area contributed by atoms with Gasteiger partial charge in [0.25, 0.3) is 0 Å². The summed E-state index contributed by atoms with van der Waals surface area (Å²) in [7, 11) is 0. The molecule has 3 aromatic heterocycles. The molecule has 0 saturated carbocycles. The van der Waals surface area contributed by atoms with Gasteiger partial charge in [-0.1, -0.05) is 48.6 Å². The highest BCUT2D eigenvalue weighted by Gasteiger charge is 2.23. The highest BCUT2D eigenvalue weighted by atomic mass is 15.0. The van der Waals surface area contributed by atoms with Gasteiger partial charge in [-0.25, -0.2) is 9.97 Å². The molecule has 0 amide bonds. The van der Waals surface area contributed by atoms with Gasteiger partial charge in [0.05, 0.1) is 28.3 Å². The molecule has 2 aliphatic rings. The van der Waals surface area contributed by atoms with Crippen molar-refractivity contribution in [2.75, 3.05) is 0 Å². The fraction of sp³-hybridized carbons (Fsp3) is 0.182. The molecule has 0 radical (unpaired) electrons. The van der Waals surface area contributed by atoms with Gasteiger partial charge in [-0.2, -0.15) is 0 Å². The Hall–Kier alpha value is -5.48. The third-order valence-electron chi connectivity index (χ3n) is 8.81. The minimum Gasteiger partial charge on any atom is -0.354 e. The Kier molecular flexibility index (Phi) is 10.9. The molecule has 5 rings (SSSR count). The van der Waals surface area contributed by atoms with E-state index in [4.69, 9.17) is 9.97 Å². The van der Waals surface area contributed by atoms with Crippen LogP contribution in [0.5, 0.6) is 0 Å². The molecule has 0 aliphatic carbocycles. The first-order chi connectivity index (χ1) is 23.5. The van der Waals surface area contributed by atoms with E-state index in [0.717, 1.165) is 61.5 Å². The van der Waals surface area contributed by atoms with Crippen molar-refractivity contribution in [1.29, 1.82) is 0 Å². The lowest BCUT2D eigenvalue weighted by molar-refractivity contribution is 0.889. The molecule has 0 atom stereocenters. The number of nitrogens with one attached hydrogen (secondary N) is 1. The molecule has 0 aromatic carbocycles. The van der Waals surface area contributed by atoms with Gasteiger partial charge >= 0.3 is 0 Å². The number of nitrogens with zero attached hydrogens (tertiary/aromatic N) is 3. The second kappa shape index (κ2) is 15.4. The van der Waals surface area contributed by atoms with Gasteiger partial charge in [-0.3, -0.25) is 0 Å². The first-order valence-electron chi connectivity index (χ1n) is 16.6. The maximum absolute atomic E-state index is 5.22. The molecular weight excluding hydrogens is 585 g/mol. The Morgan fingerprint density at radius 3 is 1.65 bits per heavy atom. The second-order valence-corrected chi connectivity index (χ2v) is 12.0. The van der Waals surface area contributed by atoms with Crippen molar-refractivity contribution in [2.45, 2.75) is 51.5 Å². The van der Waals surface area contributed by atoms with E-state index in [9.17, 15) is 0 Å². The lowest BCUT2D eigenvalue weighted by Gasteiger charge is -2.10. The average Bonchev–Trinajstić information content (AvgIpc) is 3.83. The minimum atomic E-state index is 0.615. The average molecular weight is 631 g/mol. The van der Waals surface area contributed by atoms with Crippen molar-refractivity contribution in [3.63, 3.8) is 0 Å². The molecule has 0 saturated heterocycles. The summed E-state index contributed by atoms with van der Waals surface area (Å²) >= 11 is 0. The predicted molar refractivity (Wildman–Crippen MR) is 210 cm³/mol. The molecule has 0 unspecified atom stereocenters. The summed E-state index contributed by atoms with van der Waals surface area (Å²) in [4.78, 5) is 14.2. The van der Waals surface area contributed by atoms with Crippen LogP contribution in [-0.4, -0.2) is 19.5 Å². The number of hydrogen-bond acceptors (Lipinski definition) is 2. The standard InChI is InChI=1S/C44H46N4/c1-9-17-30-27-33-28-31-24-25-32(45-31)29-40-34(18-10-2)37(21-13-5)44(48(40)26-16-8)39(23-15-7)43-36(20-12-4)35(19-11-3)42(47-43)38(22-14-6)41(30)46-33/h9-16,24-25,27-29,47H,1-8,17-23,26H2. The Morgan fingerprint density at radius 2 is 1.04 bits per heavy atom. The SMILES string of the molecule is C=CCC1=Cc2cc3nc(cc4c(CC=C)c(CC=C)c(c(CC=C)c5[nH]c(c(CC=C)c1n2)c(CC=C)c5CC=C)n4CC=C)C=C3. The van der Waals surface area contributed by atoms with Gasteiger partial charge in [0.2, 0.25) is 0 Å². The molecule has 2 aliphatic heterocycles. The third kappa shape index (κ3) is 6.39. The summed E-state index contributed by atoms with van der Waals surface area (Å²) in [6.45, 7) is 33.9. The predicted octanol–water partition coefficient (Wildman–Crippen LogP) is 10.6. The quantitative estimate of drug-likeness (QED) is 0.125.